The number of hydrogen-bond donors (Lipinski definition) is 2. The van der Waals surface area contributed by atoms with Gasteiger partial charge in [-0.15, -0.1) is 0 Å². The summed E-state index contributed by atoms with van der Waals surface area (Å²) in [4.78, 5) is 12.0. The van der Waals surface area contributed by atoms with Gasteiger partial charge in [-0.2, -0.15) is 0 Å². The highest BCUT2D eigenvalue weighted by Crippen LogP contribution is 2.24. The van der Waals surface area contributed by atoms with Gasteiger partial charge in [-0.25, -0.2) is 0 Å². The van der Waals surface area contributed by atoms with Crippen molar-refractivity contribution in [3.05, 3.63) is 0 Å². The number of hydrogen-bond acceptors (Lipinski definition) is 2. The Balaban J connectivity index is 2.48. The van der Waals surface area contributed by atoms with Gasteiger partial charge in [0.05, 0.1) is 0 Å². The molecule has 3 atom stereocenters. The largest absolute Gasteiger partial charge is 0.353 e. The third kappa shape index (κ3) is 3.48. The number of nitrogens with one attached hydrogen (secondary N) is 1. The van der Waals surface area contributed by atoms with Crippen LogP contribution in [0.5, 0.6) is 0 Å². The minimum Gasteiger partial charge on any atom is -0.353 e. The maximum absolute atomic E-state index is 12.0. The summed E-state index contributed by atoms with van der Waals surface area (Å²) >= 11 is 0. The first-order chi connectivity index (χ1) is 7.56. The van der Waals surface area contributed by atoms with Crippen molar-refractivity contribution in [2.24, 2.45) is 23.5 Å². The molecule has 3 nitrogen and oxygen atoms in total. The van der Waals surface area contributed by atoms with Gasteiger partial charge in [-0.3, -0.25) is 4.79 Å². The molecule has 3 unspecified atom stereocenters. The summed E-state index contributed by atoms with van der Waals surface area (Å²) in [5.41, 5.74) is 5.75. The van der Waals surface area contributed by atoms with E-state index in [9.17, 15) is 4.79 Å². The molecule has 0 radical (unpaired) electrons. The molecule has 0 saturated heterocycles. The third-order valence-electron chi connectivity index (χ3n) is 3.95. The van der Waals surface area contributed by atoms with E-state index in [1.807, 2.05) is 6.92 Å². The van der Waals surface area contributed by atoms with Crippen molar-refractivity contribution in [2.45, 2.75) is 52.5 Å². The highest BCUT2D eigenvalue weighted by Gasteiger charge is 2.27. The summed E-state index contributed by atoms with van der Waals surface area (Å²) in [6, 6.07) is 0.312. The monoisotopic (exact) mass is 226 g/mol. The molecular weight excluding hydrogens is 200 g/mol. The van der Waals surface area contributed by atoms with Gasteiger partial charge in [0.2, 0.25) is 5.91 Å². The standard InChI is InChI=1S/C13H26N2O/c1-9(2)10(3)13(16)15-12-7-5-4-6-11(12)8-14/h9-12H,4-8,14H2,1-3H3,(H,15,16). The molecule has 1 saturated carbocycles. The Hall–Kier alpha value is -0.570. The maximum Gasteiger partial charge on any atom is 0.223 e. The van der Waals surface area contributed by atoms with Crippen molar-refractivity contribution in [3.63, 3.8) is 0 Å². The van der Waals surface area contributed by atoms with Crippen LogP contribution in [-0.4, -0.2) is 18.5 Å². The highest BCUT2D eigenvalue weighted by atomic mass is 16.1. The van der Waals surface area contributed by atoms with Gasteiger partial charge in [-0.1, -0.05) is 33.6 Å². The Labute approximate surface area is 99.2 Å². The molecule has 0 aliphatic heterocycles. The van der Waals surface area contributed by atoms with Crippen molar-refractivity contribution >= 4 is 5.91 Å². The van der Waals surface area contributed by atoms with Gasteiger partial charge in [0.1, 0.15) is 0 Å². The topological polar surface area (TPSA) is 55.1 Å². The lowest BCUT2D eigenvalue weighted by molar-refractivity contribution is -0.127. The molecule has 3 heteroatoms. The molecule has 1 amide bonds. The van der Waals surface area contributed by atoms with Gasteiger partial charge in [0.25, 0.3) is 0 Å². The van der Waals surface area contributed by atoms with E-state index in [4.69, 9.17) is 5.73 Å². The second-order valence-electron chi connectivity index (χ2n) is 5.43. The Kier molecular flexibility index (Phi) is 5.26. The van der Waals surface area contributed by atoms with E-state index in [0.717, 1.165) is 12.8 Å². The Morgan fingerprint density at radius 2 is 1.94 bits per heavy atom. The van der Waals surface area contributed by atoms with Gasteiger partial charge >= 0.3 is 0 Å². The van der Waals surface area contributed by atoms with Crippen molar-refractivity contribution in [1.82, 2.24) is 5.32 Å². The predicted molar refractivity (Wildman–Crippen MR) is 66.9 cm³/mol. The zero-order chi connectivity index (χ0) is 12.1. The molecule has 0 aromatic carbocycles. The molecule has 3 N–H and O–H groups in total. The fraction of sp³-hybridized carbons (Fsp3) is 0.923. The second kappa shape index (κ2) is 6.24. The average Bonchev–Trinajstić information content (AvgIpc) is 2.28. The van der Waals surface area contributed by atoms with E-state index in [2.05, 4.69) is 19.2 Å². The van der Waals surface area contributed by atoms with Gasteiger partial charge in [0.15, 0.2) is 0 Å². The molecule has 0 spiro atoms. The molecular formula is C13H26N2O. The van der Waals surface area contributed by atoms with E-state index in [-0.39, 0.29) is 11.8 Å². The number of carbonyl (C=O) groups is 1. The molecule has 1 fully saturated rings. The zero-order valence-corrected chi connectivity index (χ0v) is 10.8. The number of amides is 1. The molecule has 1 aliphatic rings. The molecule has 0 aromatic rings. The van der Waals surface area contributed by atoms with Crippen LogP contribution in [0.2, 0.25) is 0 Å². The minimum absolute atomic E-state index is 0.0975. The molecule has 94 valence electrons. The first-order valence-corrected chi connectivity index (χ1v) is 6.56. The first kappa shape index (κ1) is 13.5. The molecule has 16 heavy (non-hydrogen) atoms. The summed E-state index contributed by atoms with van der Waals surface area (Å²) in [5.74, 6) is 1.18. The summed E-state index contributed by atoms with van der Waals surface area (Å²) in [7, 11) is 0. The highest BCUT2D eigenvalue weighted by molar-refractivity contribution is 5.78. The molecule has 0 heterocycles. The van der Waals surface area contributed by atoms with Crippen molar-refractivity contribution in [1.29, 1.82) is 0 Å². The van der Waals surface area contributed by atoms with E-state index >= 15 is 0 Å². The lowest BCUT2D eigenvalue weighted by Crippen LogP contribution is -2.47. The van der Waals surface area contributed by atoms with Crippen LogP contribution >= 0.6 is 0 Å². The van der Waals surface area contributed by atoms with Crippen molar-refractivity contribution < 1.29 is 4.79 Å². The van der Waals surface area contributed by atoms with E-state index in [0.29, 0.717) is 24.4 Å². The van der Waals surface area contributed by atoms with Crippen LogP contribution in [0.4, 0.5) is 0 Å². The van der Waals surface area contributed by atoms with Gasteiger partial charge in [-0.05, 0) is 31.2 Å². The van der Waals surface area contributed by atoms with E-state index in [1.165, 1.54) is 12.8 Å². The maximum atomic E-state index is 12.0. The van der Waals surface area contributed by atoms with E-state index < -0.39 is 0 Å². The van der Waals surface area contributed by atoms with Gasteiger partial charge in [0, 0.05) is 12.0 Å². The number of rotatable bonds is 4. The van der Waals surface area contributed by atoms with Crippen LogP contribution in [-0.2, 0) is 4.79 Å². The Morgan fingerprint density at radius 1 is 1.31 bits per heavy atom. The smallest absolute Gasteiger partial charge is 0.223 e. The molecule has 0 bridgehead atoms. The van der Waals surface area contributed by atoms with Crippen molar-refractivity contribution in [3.8, 4) is 0 Å². The molecule has 0 aromatic heterocycles. The Morgan fingerprint density at radius 3 is 2.50 bits per heavy atom. The van der Waals surface area contributed by atoms with Crippen LogP contribution < -0.4 is 11.1 Å². The Bertz CT molecular complexity index is 228. The fourth-order valence-electron chi connectivity index (χ4n) is 2.30. The number of nitrogens with two attached hydrogens (primary N) is 1. The zero-order valence-electron chi connectivity index (χ0n) is 10.8. The van der Waals surface area contributed by atoms with Crippen LogP contribution in [0.25, 0.3) is 0 Å². The lowest BCUT2D eigenvalue weighted by Gasteiger charge is -2.32. The fourth-order valence-corrected chi connectivity index (χ4v) is 2.30. The van der Waals surface area contributed by atoms with Crippen LogP contribution in [0.1, 0.15) is 46.5 Å². The summed E-state index contributed by atoms with van der Waals surface area (Å²) in [6.07, 6.45) is 4.74. The van der Waals surface area contributed by atoms with Crippen LogP contribution in [0.3, 0.4) is 0 Å². The minimum atomic E-state index is 0.0975. The summed E-state index contributed by atoms with van der Waals surface area (Å²) in [5, 5.41) is 3.18. The third-order valence-corrected chi connectivity index (χ3v) is 3.95. The molecule has 1 aliphatic carbocycles. The average molecular weight is 226 g/mol. The lowest BCUT2D eigenvalue weighted by atomic mass is 9.84. The predicted octanol–water partition coefficient (Wildman–Crippen LogP) is 1.91. The second-order valence-corrected chi connectivity index (χ2v) is 5.43. The number of carbonyl (C=O) groups excluding carboxylic acids is 1. The van der Waals surface area contributed by atoms with Gasteiger partial charge < -0.3 is 11.1 Å². The van der Waals surface area contributed by atoms with Crippen LogP contribution in [0.15, 0.2) is 0 Å². The van der Waals surface area contributed by atoms with E-state index in [1.54, 1.807) is 0 Å². The van der Waals surface area contributed by atoms with Crippen LogP contribution in [0, 0.1) is 17.8 Å². The quantitative estimate of drug-likeness (QED) is 0.769. The molecule has 1 rings (SSSR count). The SMILES string of the molecule is CC(C)C(C)C(=O)NC1CCCCC1CN. The summed E-state index contributed by atoms with van der Waals surface area (Å²) in [6.45, 7) is 6.87. The first-order valence-electron chi connectivity index (χ1n) is 6.56. The summed E-state index contributed by atoms with van der Waals surface area (Å²) < 4.78 is 0. The normalized spacial score (nSPS) is 27.8. The van der Waals surface area contributed by atoms with Crippen molar-refractivity contribution in [2.75, 3.05) is 6.54 Å².